The minimum Gasteiger partial charge on any atom is -0.488 e. The highest BCUT2D eigenvalue weighted by atomic mass is 79.9. The highest BCUT2D eigenvalue weighted by Gasteiger charge is 2.32. The molecule has 3 aromatic rings. The predicted octanol–water partition coefficient (Wildman–Crippen LogP) is 11.7. The summed E-state index contributed by atoms with van der Waals surface area (Å²) in [5, 5.41) is 0. The van der Waals surface area contributed by atoms with Gasteiger partial charge in [-0.3, -0.25) is 0 Å². The van der Waals surface area contributed by atoms with Crippen LogP contribution in [-0.4, -0.2) is 6.18 Å². The lowest BCUT2D eigenvalue weighted by Crippen LogP contribution is -2.18. The largest absolute Gasteiger partial charge is 0.488 e. The summed E-state index contributed by atoms with van der Waals surface area (Å²) in [7, 11) is 0. The van der Waals surface area contributed by atoms with Gasteiger partial charge in [0.1, 0.15) is 12.4 Å². The number of fused-ring (bicyclic) bond motifs is 3. The molecule has 0 aromatic heterocycles. The van der Waals surface area contributed by atoms with E-state index in [1.807, 2.05) is 0 Å². The molecule has 0 atom stereocenters. The second-order valence-electron chi connectivity index (χ2n) is 12.7. The summed E-state index contributed by atoms with van der Waals surface area (Å²) in [4.78, 5) is 0. The van der Waals surface area contributed by atoms with Crippen LogP contribution in [0.25, 0.3) is 11.1 Å². The van der Waals surface area contributed by atoms with Crippen molar-refractivity contribution in [1.29, 1.82) is 0 Å². The van der Waals surface area contributed by atoms with Crippen molar-refractivity contribution in [2.45, 2.75) is 117 Å². The molecule has 0 aliphatic heterocycles. The molecule has 0 N–H and O–H groups in total. The number of unbranched alkanes of at least 4 members (excludes halogenated alkanes) is 6. The maximum absolute atomic E-state index is 12.2. The van der Waals surface area contributed by atoms with Gasteiger partial charge in [0, 0.05) is 22.0 Å². The maximum Gasteiger partial charge on any atom is 0.389 e. The number of hydrogen-bond acceptors (Lipinski definition) is 1. The summed E-state index contributed by atoms with van der Waals surface area (Å²) in [5.41, 5.74) is 11.7. The number of ether oxygens (including phenoxy) is 1. The second kappa shape index (κ2) is 13.4. The smallest absolute Gasteiger partial charge is 0.389 e. The Morgan fingerprint density at radius 3 is 2.15 bits per heavy atom. The fourth-order valence-corrected chi connectivity index (χ4v) is 6.88. The van der Waals surface area contributed by atoms with E-state index in [1.165, 1.54) is 44.5 Å². The topological polar surface area (TPSA) is 9.23 Å². The first-order valence-corrected chi connectivity index (χ1v) is 15.9. The van der Waals surface area contributed by atoms with E-state index in [0.717, 1.165) is 60.7 Å². The van der Waals surface area contributed by atoms with Crippen LogP contribution >= 0.6 is 15.9 Å². The molecule has 0 bridgehead atoms. The van der Waals surface area contributed by atoms with Crippen molar-refractivity contribution in [3.8, 4) is 16.9 Å². The van der Waals surface area contributed by atoms with E-state index >= 15 is 0 Å². The molecule has 1 aliphatic carbocycles. The van der Waals surface area contributed by atoms with Crippen molar-refractivity contribution in [3.63, 3.8) is 0 Å². The van der Waals surface area contributed by atoms with E-state index in [4.69, 9.17) is 4.74 Å². The quantitative estimate of drug-likeness (QED) is 0.142. The van der Waals surface area contributed by atoms with Crippen molar-refractivity contribution in [2.24, 2.45) is 0 Å². The molecule has 222 valence electrons. The zero-order chi connectivity index (χ0) is 29.8. The minimum atomic E-state index is -4.02. The van der Waals surface area contributed by atoms with Crippen LogP contribution in [0, 0.1) is 13.8 Å². The van der Waals surface area contributed by atoms with Gasteiger partial charge in [-0.1, -0.05) is 105 Å². The van der Waals surface area contributed by atoms with E-state index in [9.17, 15) is 13.2 Å². The third-order valence-corrected chi connectivity index (χ3v) is 9.20. The highest BCUT2D eigenvalue weighted by Crippen LogP contribution is 2.50. The average Bonchev–Trinajstić information content (AvgIpc) is 3.28. The van der Waals surface area contributed by atoms with Gasteiger partial charge in [-0.05, 0) is 90.0 Å². The molecule has 1 nitrogen and oxygen atoms in total. The Morgan fingerprint density at radius 2 is 1.49 bits per heavy atom. The van der Waals surface area contributed by atoms with E-state index in [1.54, 1.807) is 0 Å². The molecule has 0 spiro atoms. The van der Waals surface area contributed by atoms with Gasteiger partial charge in [0.2, 0.25) is 0 Å². The van der Waals surface area contributed by atoms with Gasteiger partial charge in [-0.2, -0.15) is 13.2 Å². The number of benzene rings is 3. The fourth-order valence-electron chi connectivity index (χ4n) is 6.26. The van der Waals surface area contributed by atoms with Crippen molar-refractivity contribution >= 4 is 15.9 Å². The normalized spacial score (nSPS) is 12.9. The summed E-state index contributed by atoms with van der Waals surface area (Å²) in [6.45, 7) is 11.8. The summed E-state index contributed by atoms with van der Waals surface area (Å²) in [6, 6.07) is 15.3. The standard InChI is InChI=1S/C36H44BrF3O/c1-24-25(2)33(35(3,4)5)34(32-29-17-13-12-16-28(29)22-30(24)32)41-23-26-18-19-27(31(37)21-26)15-11-9-7-6-8-10-14-20-36(38,39)40/h12-13,16-19,21H,6-11,14-15,20,22-23H2,1-5H3. The number of rotatable bonds is 12. The molecule has 4 rings (SSSR count). The van der Waals surface area contributed by atoms with Crippen LogP contribution in [0.1, 0.15) is 111 Å². The Morgan fingerprint density at radius 1 is 0.829 bits per heavy atom. The molecule has 0 radical (unpaired) electrons. The Hall–Kier alpha value is -2.27. The van der Waals surface area contributed by atoms with Crippen molar-refractivity contribution < 1.29 is 17.9 Å². The van der Waals surface area contributed by atoms with Crippen LogP contribution in [0.15, 0.2) is 46.9 Å². The molecular formula is C36H44BrF3O. The first-order valence-electron chi connectivity index (χ1n) is 15.1. The monoisotopic (exact) mass is 628 g/mol. The summed E-state index contributed by atoms with van der Waals surface area (Å²) in [6.07, 6.45) is 3.37. The van der Waals surface area contributed by atoms with Gasteiger partial charge in [0.05, 0.1) is 0 Å². The fraction of sp³-hybridized carbons (Fsp3) is 0.500. The predicted molar refractivity (Wildman–Crippen MR) is 168 cm³/mol. The Labute approximate surface area is 253 Å². The summed E-state index contributed by atoms with van der Waals surface area (Å²) >= 11 is 3.79. The zero-order valence-corrected chi connectivity index (χ0v) is 26.8. The molecule has 0 saturated heterocycles. The maximum atomic E-state index is 12.2. The van der Waals surface area contributed by atoms with E-state index in [2.05, 4.69) is 93.0 Å². The van der Waals surface area contributed by atoms with Crippen LogP contribution in [0.5, 0.6) is 5.75 Å². The third-order valence-electron chi connectivity index (χ3n) is 8.46. The molecule has 1 aliphatic rings. The first kappa shape index (κ1) is 31.7. The van der Waals surface area contributed by atoms with E-state index in [-0.39, 0.29) is 11.8 Å². The van der Waals surface area contributed by atoms with Gasteiger partial charge in [-0.25, -0.2) is 0 Å². The summed E-state index contributed by atoms with van der Waals surface area (Å²) < 4.78 is 44.6. The number of alkyl halides is 3. The highest BCUT2D eigenvalue weighted by molar-refractivity contribution is 9.10. The van der Waals surface area contributed by atoms with Gasteiger partial charge in [0.15, 0.2) is 0 Å². The number of halogens is 4. The van der Waals surface area contributed by atoms with Gasteiger partial charge in [0.25, 0.3) is 0 Å². The number of aryl methyl sites for hydroxylation is 1. The van der Waals surface area contributed by atoms with E-state index < -0.39 is 12.6 Å². The Bertz CT molecular complexity index is 1350. The lowest BCUT2D eigenvalue weighted by molar-refractivity contribution is -0.135. The molecule has 0 saturated carbocycles. The van der Waals surface area contributed by atoms with Gasteiger partial charge >= 0.3 is 6.18 Å². The summed E-state index contributed by atoms with van der Waals surface area (Å²) in [5.74, 6) is 1.03. The SMILES string of the molecule is Cc1c(C)c(C(C)(C)C)c(OCc2ccc(CCCCCCCCCC(F)(F)F)c(Br)c2)c2c1Cc1ccccc1-2. The number of hydrogen-bond donors (Lipinski definition) is 0. The Kier molecular flexibility index (Phi) is 10.3. The molecule has 0 unspecified atom stereocenters. The molecule has 0 fully saturated rings. The lowest BCUT2D eigenvalue weighted by atomic mass is 9.79. The van der Waals surface area contributed by atoms with Crippen LogP contribution in [0.3, 0.4) is 0 Å². The van der Waals surface area contributed by atoms with Crippen LogP contribution < -0.4 is 4.74 Å². The van der Waals surface area contributed by atoms with Crippen LogP contribution in [0.4, 0.5) is 13.2 Å². The molecule has 0 heterocycles. The third kappa shape index (κ3) is 7.97. The molecule has 3 aromatic carbocycles. The van der Waals surface area contributed by atoms with Crippen LogP contribution in [0.2, 0.25) is 0 Å². The van der Waals surface area contributed by atoms with Gasteiger partial charge in [-0.15, -0.1) is 0 Å². The minimum absolute atomic E-state index is 0.0513. The van der Waals surface area contributed by atoms with Crippen molar-refractivity contribution in [2.75, 3.05) is 0 Å². The average molecular weight is 630 g/mol. The molecule has 5 heteroatoms. The second-order valence-corrected chi connectivity index (χ2v) is 13.6. The van der Waals surface area contributed by atoms with Crippen molar-refractivity contribution in [3.05, 3.63) is 85.9 Å². The molecule has 41 heavy (non-hydrogen) atoms. The molecular weight excluding hydrogens is 585 g/mol. The first-order chi connectivity index (χ1) is 19.4. The lowest BCUT2D eigenvalue weighted by Gasteiger charge is -2.29. The molecule has 0 amide bonds. The zero-order valence-electron chi connectivity index (χ0n) is 25.2. The Balaban J connectivity index is 1.38. The van der Waals surface area contributed by atoms with Crippen molar-refractivity contribution in [1.82, 2.24) is 0 Å². The van der Waals surface area contributed by atoms with Gasteiger partial charge < -0.3 is 4.74 Å². The van der Waals surface area contributed by atoms with Crippen LogP contribution in [-0.2, 0) is 24.9 Å². The van der Waals surface area contributed by atoms with E-state index in [0.29, 0.717) is 13.0 Å².